The fourth-order valence-corrected chi connectivity index (χ4v) is 2.37. The molecule has 1 aliphatic rings. The predicted octanol–water partition coefficient (Wildman–Crippen LogP) is 1.05. The summed E-state index contributed by atoms with van der Waals surface area (Å²) < 4.78 is 0. The molecule has 1 atom stereocenters. The minimum atomic E-state index is 0. The van der Waals surface area contributed by atoms with Gasteiger partial charge in [0.1, 0.15) is 0 Å². The first-order valence-corrected chi connectivity index (χ1v) is 5.22. The molecular formula is C10H12NaSi. The summed E-state index contributed by atoms with van der Waals surface area (Å²) in [5.74, 6) is 0. The zero-order chi connectivity index (χ0) is 7.84. The van der Waals surface area contributed by atoms with Crippen molar-refractivity contribution in [2.75, 3.05) is 0 Å². The van der Waals surface area contributed by atoms with Gasteiger partial charge in [0.2, 0.25) is 0 Å². The average molecular weight is 183 g/mol. The third-order valence-corrected chi connectivity index (χ3v) is 3.41. The van der Waals surface area contributed by atoms with E-state index in [2.05, 4.69) is 37.3 Å². The molecule has 0 spiro atoms. The van der Waals surface area contributed by atoms with Crippen molar-refractivity contribution in [3.05, 3.63) is 41.0 Å². The van der Waals surface area contributed by atoms with E-state index in [1.54, 1.807) is 0 Å². The molecule has 0 fully saturated rings. The molecule has 1 radical (unpaired) electrons. The minimum Gasteiger partial charge on any atom is -0.0801 e. The number of fused-ring (bicyclic) bond motifs is 1. The number of rotatable bonds is 0. The van der Waals surface area contributed by atoms with E-state index in [0.29, 0.717) is 0 Å². The summed E-state index contributed by atoms with van der Waals surface area (Å²) in [7, 11) is 1.24. The van der Waals surface area contributed by atoms with Crippen LogP contribution < -0.4 is 0 Å². The van der Waals surface area contributed by atoms with Crippen molar-refractivity contribution in [3.63, 3.8) is 0 Å². The summed E-state index contributed by atoms with van der Waals surface area (Å²) in [6.45, 7) is 2.18. The maximum atomic E-state index is 2.32. The largest absolute Gasteiger partial charge is 0.0801 e. The van der Waals surface area contributed by atoms with Crippen LogP contribution >= 0.6 is 0 Å². The van der Waals surface area contributed by atoms with Gasteiger partial charge in [0, 0.05) is 39.8 Å². The molecule has 1 aromatic rings. The van der Waals surface area contributed by atoms with E-state index in [1.165, 1.54) is 26.9 Å². The van der Waals surface area contributed by atoms with Crippen LogP contribution in [0.4, 0.5) is 0 Å². The van der Waals surface area contributed by atoms with E-state index in [1.807, 2.05) is 0 Å². The topological polar surface area (TPSA) is 0 Å². The van der Waals surface area contributed by atoms with Gasteiger partial charge in [-0.05, 0) is 29.2 Å². The summed E-state index contributed by atoms with van der Waals surface area (Å²) in [4.78, 5) is 0. The van der Waals surface area contributed by atoms with Crippen LogP contribution in [0.15, 0.2) is 24.3 Å². The molecule has 0 N–H and O–H groups in total. The first-order chi connectivity index (χ1) is 5.29. The molecule has 1 aliphatic carbocycles. The third kappa shape index (κ3) is 1.60. The van der Waals surface area contributed by atoms with Gasteiger partial charge in [0.15, 0.2) is 0 Å². The van der Waals surface area contributed by atoms with Gasteiger partial charge >= 0.3 is 0 Å². The van der Waals surface area contributed by atoms with Crippen molar-refractivity contribution in [1.29, 1.82) is 0 Å². The normalized spacial score (nSPS) is 18.9. The Bertz CT molecular complexity index is 318. The van der Waals surface area contributed by atoms with Gasteiger partial charge in [-0.25, -0.2) is 0 Å². The van der Waals surface area contributed by atoms with Crippen LogP contribution in [0.5, 0.6) is 0 Å². The summed E-state index contributed by atoms with van der Waals surface area (Å²) in [6, 6.07) is 6.59. The fourth-order valence-electron chi connectivity index (χ4n) is 1.67. The number of aryl methyl sites for hydroxylation is 1. The number of allylic oxidation sites excluding steroid dienone is 1. The van der Waals surface area contributed by atoms with E-state index in [-0.39, 0.29) is 29.6 Å². The van der Waals surface area contributed by atoms with Crippen LogP contribution in [0.3, 0.4) is 0 Å². The SMILES string of the molecule is Cc1cccc2c1C=CC2[SiH3].[Na]. The fraction of sp³-hybridized carbons (Fsp3) is 0.200. The van der Waals surface area contributed by atoms with Crippen molar-refractivity contribution < 1.29 is 0 Å². The Morgan fingerprint density at radius 1 is 1.33 bits per heavy atom. The molecule has 1 unspecified atom stereocenters. The summed E-state index contributed by atoms with van der Waals surface area (Å²) >= 11 is 0. The van der Waals surface area contributed by atoms with Gasteiger partial charge in [0.25, 0.3) is 0 Å². The van der Waals surface area contributed by atoms with Crippen LogP contribution in [-0.2, 0) is 0 Å². The predicted molar refractivity (Wildman–Crippen MR) is 58.6 cm³/mol. The van der Waals surface area contributed by atoms with E-state index in [0.717, 1.165) is 5.54 Å². The second kappa shape index (κ2) is 3.92. The molecule has 0 aliphatic heterocycles. The van der Waals surface area contributed by atoms with Crippen molar-refractivity contribution in [2.24, 2.45) is 0 Å². The molecule has 2 heteroatoms. The van der Waals surface area contributed by atoms with E-state index >= 15 is 0 Å². The van der Waals surface area contributed by atoms with Gasteiger partial charge in [-0.15, -0.1) is 0 Å². The Morgan fingerprint density at radius 3 is 2.75 bits per heavy atom. The third-order valence-electron chi connectivity index (χ3n) is 2.40. The van der Waals surface area contributed by atoms with Gasteiger partial charge in [-0.2, -0.15) is 0 Å². The molecule has 57 valence electrons. The number of hydrogen-bond donors (Lipinski definition) is 0. The molecule has 0 amide bonds. The molecule has 0 saturated heterocycles. The van der Waals surface area contributed by atoms with Crippen LogP contribution in [0.2, 0.25) is 0 Å². The van der Waals surface area contributed by atoms with Crippen molar-refractivity contribution in [1.82, 2.24) is 0 Å². The second-order valence-electron chi connectivity index (χ2n) is 3.23. The number of hydrogen-bond acceptors (Lipinski definition) is 0. The second-order valence-corrected chi connectivity index (χ2v) is 4.47. The smallest absolute Gasteiger partial charge is 0.0171 e. The average Bonchev–Trinajstić information content (AvgIpc) is 2.35. The first-order valence-electron chi connectivity index (χ1n) is 4.07. The first kappa shape index (κ1) is 10.3. The molecule has 0 saturated carbocycles. The monoisotopic (exact) mass is 183 g/mol. The zero-order valence-corrected chi connectivity index (χ0v) is 12.0. The van der Waals surface area contributed by atoms with Gasteiger partial charge in [-0.1, -0.05) is 30.4 Å². The molecule has 0 heterocycles. The Hall–Kier alpha value is 0.177. The summed E-state index contributed by atoms with van der Waals surface area (Å²) in [6.07, 6.45) is 4.59. The zero-order valence-electron chi connectivity index (χ0n) is 7.96. The van der Waals surface area contributed by atoms with Crippen LogP contribution in [-0.4, -0.2) is 39.8 Å². The van der Waals surface area contributed by atoms with E-state index < -0.39 is 0 Å². The molecule has 2 rings (SSSR count). The van der Waals surface area contributed by atoms with E-state index in [9.17, 15) is 0 Å². The summed E-state index contributed by atoms with van der Waals surface area (Å²) in [5, 5.41) is 0. The Morgan fingerprint density at radius 2 is 2.08 bits per heavy atom. The van der Waals surface area contributed by atoms with Crippen molar-refractivity contribution in [3.8, 4) is 0 Å². The standard InChI is InChI=1S/C10H12Si.Na/c1-7-3-2-4-9-8(7)5-6-10(9)11;/h2-6,10H,1,11H3;. The Balaban J connectivity index is 0.000000720. The van der Waals surface area contributed by atoms with Crippen LogP contribution in [0, 0.1) is 6.92 Å². The van der Waals surface area contributed by atoms with Crippen LogP contribution in [0.25, 0.3) is 6.08 Å². The molecule has 0 bridgehead atoms. The molecule has 12 heavy (non-hydrogen) atoms. The Kier molecular flexibility index (Phi) is 3.35. The summed E-state index contributed by atoms with van der Waals surface area (Å²) in [5.41, 5.74) is 5.17. The number of benzene rings is 1. The molecule has 0 nitrogen and oxygen atoms in total. The van der Waals surface area contributed by atoms with E-state index in [4.69, 9.17) is 0 Å². The van der Waals surface area contributed by atoms with Crippen molar-refractivity contribution >= 4 is 45.9 Å². The van der Waals surface area contributed by atoms with Gasteiger partial charge < -0.3 is 0 Å². The molecular weight excluding hydrogens is 171 g/mol. The van der Waals surface area contributed by atoms with Crippen molar-refractivity contribution in [2.45, 2.75) is 12.5 Å². The van der Waals surface area contributed by atoms with Crippen LogP contribution in [0.1, 0.15) is 22.2 Å². The quantitative estimate of drug-likeness (QED) is 0.527. The molecule has 0 aromatic heterocycles. The maximum Gasteiger partial charge on any atom is 0.0171 e. The minimum absolute atomic E-state index is 0. The van der Waals surface area contributed by atoms with Gasteiger partial charge in [0.05, 0.1) is 0 Å². The Labute approximate surface area is 98.8 Å². The molecule has 1 aromatic carbocycles. The van der Waals surface area contributed by atoms with Gasteiger partial charge in [-0.3, -0.25) is 0 Å². The maximum absolute atomic E-state index is 2.32.